The number of nitrogens with two attached hydrogens (primary N) is 1. The van der Waals surface area contributed by atoms with Gasteiger partial charge in [0.25, 0.3) is 0 Å². The van der Waals surface area contributed by atoms with Crippen LogP contribution in [0.2, 0.25) is 0 Å². The maximum atomic E-state index is 11.6. The second-order valence-electron chi connectivity index (χ2n) is 2.90. The van der Waals surface area contributed by atoms with Crippen molar-refractivity contribution in [2.24, 2.45) is 0 Å². The van der Waals surface area contributed by atoms with E-state index in [0.717, 1.165) is 4.21 Å². The van der Waals surface area contributed by atoms with Gasteiger partial charge in [-0.05, 0) is 18.7 Å². The largest absolute Gasteiger partial charge is 0.449 e. The van der Waals surface area contributed by atoms with Gasteiger partial charge in [0.05, 0.1) is 17.0 Å². The van der Waals surface area contributed by atoms with Crippen LogP contribution >= 0.6 is 23.1 Å². The molecule has 0 fully saturated rings. The summed E-state index contributed by atoms with van der Waals surface area (Å²) in [4.78, 5) is 19.6. The number of rotatable bonds is 3. The summed E-state index contributed by atoms with van der Waals surface area (Å²) >= 11 is 2.67. The zero-order valence-electron chi connectivity index (χ0n) is 8.99. The van der Waals surface area contributed by atoms with Crippen molar-refractivity contribution in [1.82, 2.24) is 14.5 Å². The first-order valence-electron chi connectivity index (χ1n) is 4.80. The molecule has 0 atom stereocenters. The smallest absolute Gasteiger partial charge is 0.420 e. The van der Waals surface area contributed by atoms with Gasteiger partial charge in [0.15, 0.2) is 10.3 Å². The molecule has 2 heterocycles. The Labute approximate surface area is 106 Å². The second-order valence-corrected chi connectivity index (χ2v) is 5.23. The number of anilines is 1. The number of carbonyl (C=O) groups excluding carboxylic acids is 1. The maximum Gasteiger partial charge on any atom is 0.420 e. The van der Waals surface area contributed by atoms with E-state index in [4.69, 9.17) is 10.5 Å². The highest BCUT2D eigenvalue weighted by atomic mass is 32.2. The number of hydrogen-bond acceptors (Lipinski definition) is 7. The van der Waals surface area contributed by atoms with Crippen LogP contribution in [-0.4, -0.2) is 27.2 Å². The molecule has 0 aliphatic heterocycles. The average Bonchev–Trinajstić information content (AvgIpc) is 2.89. The summed E-state index contributed by atoms with van der Waals surface area (Å²) < 4.78 is 7.13. The molecule has 0 unspecified atom stereocenters. The number of nitrogens with zero attached hydrogens (tertiary/aromatic N) is 3. The topological polar surface area (TPSA) is 83.0 Å². The van der Waals surface area contributed by atoms with Crippen molar-refractivity contribution in [3.63, 3.8) is 0 Å². The fourth-order valence-corrected chi connectivity index (χ4v) is 2.80. The number of carbonyl (C=O) groups is 1. The van der Waals surface area contributed by atoms with Crippen LogP contribution in [0, 0.1) is 0 Å². The Hall–Kier alpha value is -1.54. The molecule has 0 bridgehead atoms. The molecule has 90 valence electrons. The molecule has 2 aromatic rings. The molecule has 0 radical (unpaired) electrons. The van der Waals surface area contributed by atoms with E-state index in [9.17, 15) is 4.79 Å². The summed E-state index contributed by atoms with van der Waals surface area (Å²) in [6.07, 6.45) is 4.31. The van der Waals surface area contributed by atoms with Gasteiger partial charge in [-0.15, -0.1) is 0 Å². The number of aromatic nitrogens is 3. The fraction of sp³-hybridized carbons (Fsp3) is 0.222. The van der Waals surface area contributed by atoms with E-state index in [2.05, 4.69) is 9.97 Å². The predicted molar refractivity (Wildman–Crippen MR) is 65.3 cm³/mol. The van der Waals surface area contributed by atoms with Crippen LogP contribution in [0.25, 0.3) is 0 Å². The lowest BCUT2D eigenvalue weighted by molar-refractivity contribution is 0.151. The van der Waals surface area contributed by atoms with Gasteiger partial charge in [-0.3, -0.25) is 0 Å². The Morgan fingerprint density at radius 2 is 2.47 bits per heavy atom. The van der Waals surface area contributed by atoms with Crippen molar-refractivity contribution >= 4 is 34.3 Å². The second kappa shape index (κ2) is 5.19. The molecule has 2 N–H and O–H groups in total. The van der Waals surface area contributed by atoms with E-state index in [1.54, 1.807) is 25.5 Å². The maximum absolute atomic E-state index is 11.6. The summed E-state index contributed by atoms with van der Waals surface area (Å²) in [6.45, 7) is 2.08. The number of nitrogen functional groups attached to an aromatic ring is 1. The minimum absolute atomic E-state index is 0.328. The lowest BCUT2D eigenvalue weighted by atomic mass is 10.8. The van der Waals surface area contributed by atoms with Gasteiger partial charge in [0.1, 0.15) is 0 Å². The quantitative estimate of drug-likeness (QED) is 0.919. The highest BCUT2D eigenvalue weighted by Crippen LogP contribution is 2.31. The average molecular weight is 270 g/mol. The third-order valence-electron chi connectivity index (χ3n) is 1.77. The van der Waals surface area contributed by atoms with E-state index in [1.807, 2.05) is 0 Å². The zero-order chi connectivity index (χ0) is 12.3. The predicted octanol–water partition coefficient (Wildman–Crippen LogP) is 2.08. The van der Waals surface area contributed by atoms with Crippen LogP contribution in [0.1, 0.15) is 6.92 Å². The molecule has 2 rings (SSSR count). The number of imidazole rings is 1. The number of hydrogen-bond donors (Lipinski definition) is 1. The molecule has 0 spiro atoms. The minimum atomic E-state index is -0.440. The highest BCUT2D eigenvalue weighted by molar-refractivity contribution is 8.01. The molecule has 8 heteroatoms. The van der Waals surface area contributed by atoms with E-state index < -0.39 is 6.09 Å². The first-order valence-corrected chi connectivity index (χ1v) is 6.43. The van der Waals surface area contributed by atoms with Gasteiger partial charge in [-0.2, -0.15) is 0 Å². The molecule has 0 aliphatic carbocycles. The normalized spacial score (nSPS) is 10.4. The van der Waals surface area contributed by atoms with Crippen LogP contribution in [0.4, 0.5) is 9.93 Å². The van der Waals surface area contributed by atoms with Gasteiger partial charge in [-0.25, -0.2) is 19.3 Å². The van der Waals surface area contributed by atoms with E-state index in [1.165, 1.54) is 27.7 Å². The number of thiazole rings is 1. The first-order chi connectivity index (χ1) is 8.20. The minimum Gasteiger partial charge on any atom is -0.449 e. The lowest BCUT2D eigenvalue weighted by Crippen LogP contribution is -2.13. The Morgan fingerprint density at radius 1 is 1.65 bits per heavy atom. The molecule has 0 saturated heterocycles. The number of ether oxygens (including phenoxy) is 1. The molecular weight excluding hydrogens is 260 g/mol. The third kappa shape index (κ3) is 2.77. The van der Waals surface area contributed by atoms with E-state index in [-0.39, 0.29) is 0 Å². The first kappa shape index (κ1) is 11.9. The van der Waals surface area contributed by atoms with E-state index in [0.29, 0.717) is 16.9 Å². The molecule has 6 nitrogen and oxygen atoms in total. The Kier molecular flexibility index (Phi) is 3.64. The summed E-state index contributed by atoms with van der Waals surface area (Å²) in [5, 5.41) is 1.02. The SMILES string of the molecule is CCOC(=O)n1ccnc1Sc1cnc(N)s1. The van der Waals surface area contributed by atoms with Crippen molar-refractivity contribution in [3.8, 4) is 0 Å². The third-order valence-corrected chi connectivity index (χ3v) is 3.68. The lowest BCUT2D eigenvalue weighted by Gasteiger charge is -2.04. The van der Waals surface area contributed by atoms with Gasteiger partial charge in [0.2, 0.25) is 0 Å². The van der Waals surface area contributed by atoms with Gasteiger partial charge in [-0.1, -0.05) is 11.3 Å². The van der Waals surface area contributed by atoms with Gasteiger partial charge in [0, 0.05) is 12.4 Å². The highest BCUT2D eigenvalue weighted by Gasteiger charge is 2.13. The summed E-state index contributed by atoms with van der Waals surface area (Å²) in [7, 11) is 0. The van der Waals surface area contributed by atoms with Crippen molar-refractivity contribution in [2.45, 2.75) is 16.3 Å². The Balaban J connectivity index is 2.16. The Morgan fingerprint density at radius 3 is 3.12 bits per heavy atom. The molecule has 0 aromatic carbocycles. The van der Waals surface area contributed by atoms with Crippen LogP contribution in [0.5, 0.6) is 0 Å². The zero-order valence-corrected chi connectivity index (χ0v) is 10.6. The van der Waals surface area contributed by atoms with Crippen LogP contribution in [0.15, 0.2) is 28.0 Å². The van der Waals surface area contributed by atoms with Crippen LogP contribution in [0.3, 0.4) is 0 Å². The molecule has 17 heavy (non-hydrogen) atoms. The van der Waals surface area contributed by atoms with Crippen molar-refractivity contribution in [3.05, 3.63) is 18.6 Å². The summed E-state index contributed by atoms with van der Waals surface area (Å²) in [5.41, 5.74) is 5.53. The molecule has 0 amide bonds. The van der Waals surface area contributed by atoms with Crippen molar-refractivity contribution in [2.75, 3.05) is 12.3 Å². The molecule has 2 aromatic heterocycles. The van der Waals surface area contributed by atoms with E-state index >= 15 is 0 Å². The summed E-state index contributed by atoms with van der Waals surface area (Å²) in [6, 6.07) is 0. The molecule has 0 saturated carbocycles. The van der Waals surface area contributed by atoms with Crippen LogP contribution < -0.4 is 5.73 Å². The van der Waals surface area contributed by atoms with Gasteiger partial charge >= 0.3 is 6.09 Å². The van der Waals surface area contributed by atoms with Crippen molar-refractivity contribution in [1.29, 1.82) is 0 Å². The Bertz CT molecular complexity index is 523. The fourth-order valence-electron chi connectivity index (χ4n) is 1.11. The molecular formula is C9H10N4O2S2. The monoisotopic (exact) mass is 270 g/mol. The van der Waals surface area contributed by atoms with Crippen molar-refractivity contribution < 1.29 is 9.53 Å². The molecule has 0 aliphatic rings. The standard InChI is InChI=1S/C9H10N4O2S2/c1-2-15-9(14)13-4-3-11-8(13)17-6-5-12-7(10)16-6/h3-5H,2H2,1H3,(H2,10,12). The van der Waals surface area contributed by atoms with Crippen LogP contribution in [-0.2, 0) is 4.74 Å². The summed E-state index contributed by atoms with van der Waals surface area (Å²) in [5.74, 6) is 0. The van der Waals surface area contributed by atoms with Gasteiger partial charge < -0.3 is 10.5 Å².